The number of halogens is 2. The van der Waals surface area contributed by atoms with Crippen LogP contribution in [0.25, 0.3) is 0 Å². The molecule has 1 aliphatic rings. The van der Waals surface area contributed by atoms with Crippen molar-refractivity contribution >= 4 is 0 Å². The second-order valence-corrected chi connectivity index (χ2v) is 5.76. The summed E-state index contributed by atoms with van der Waals surface area (Å²) in [6.45, 7) is 1.41. The van der Waals surface area contributed by atoms with Gasteiger partial charge in [-0.1, -0.05) is 12.1 Å². The Morgan fingerprint density at radius 1 is 1.22 bits per heavy atom. The fraction of sp³-hybridized carbons (Fsp3) is 0.278. The molecule has 1 unspecified atom stereocenters. The van der Waals surface area contributed by atoms with E-state index in [0.29, 0.717) is 42.7 Å². The summed E-state index contributed by atoms with van der Waals surface area (Å²) in [7, 11) is 0. The molecule has 0 fully saturated rings. The summed E-state index contributed by atoms with van der Waals surface area (Å²) in [5.41, 5.74) is 2.47. The van der Waals surface area contributed by atoms with Gasteiger partial charge in [0.2, 0.25) is 0 Å². The number of aliphatic hydroxyl groups is 1. The molecule has 3 nitrogen and oxygen atoms in total. The third kappa shape index (κ3) is 3.39. The Morgan fingerprint density at radius 2 is 1.96 bits per heavy atom. The molecule has 2 aromatic rings. The molecule has 1 N–H and O–H groups in total. The largest absolute Gasteiger partial charge is 0.387 e. The molecule has 1 atom stereocenters. The monoisotopic (exact) mass is 314 g/mol. The predicted molar refractivity (Wildman–Crippen MR) is 81.5 cm³/mol. The molecule has 0 radical (unpaired) electrons. The highest BCUT2D eigenvalue weighted by Gasteiger charge is 2.22. The molecule has 5 heteroatoms. The molecule has 2 aromatic carbocycles. The van der Waals surface area contributed by atoms with E-state index in [1.807, 2.05) is 11.0 Å². The quantitative estimate of drug-likeness (QED) is 0.947. The van der Waals surface area contributed by atoms with Crippen LogP contribution < -0.4 is 0 Å². The summed E-state index contributed by atoms with van der Waals surface area (Å²) >= 11 is 0. The summed E-state index contributed by atoms with van der Waals surface area (Å²) < 4.78 is 27.1. The van der Waals surface area contributed by atoms with Crippen LogP contribution in [0.5, 0.6) is 0 Å². The zero-order chi connectivity index (χ0) is 16.4. The first-order chi connectivity index (χ1) is 11.1. The van der Waals surface area contributed by atoms with Crippen molar-refractivity contribution in [2.75, 3.05) is 13.1 Å². The fourth-order valence-electron chi connectivity index (χ4n) is 2.95. The average Bonchev–Trinajstić information content (AvgIpc) is 2.54. The van der Waals surface area contributed by atoms with Gasteiger partial charge in [0, 0.05) is 25.7 Å². The van der Waals surface area contributed by atoms with Crippen LogP contribution >= 0.6 is 0 Å². The predicted octanol–water partition coefficient (Wildman–Crippen LogP) is 2.93. The van der Waals surface area contributed by atoms with Gasteiger partial charge in [0.15, 0.2) is 0 Å². The Kier molecular flexibility index (Phi) is 4.37. The van der Waals surface area contributed by atoms with Gasteiger partial charge in [-0.25, -0.2) is 8.78 Å². The molecular formula is C18H16F2N2O. The van der Waals surface area contributed by atoms with Crippen LogP contribution in [0.1, 0.15) is 28.4 Å². The van der Waals surface area contributed by atoms with Crippen molar-refractivity contribution in [2.24, 2.45) is 0 Å². The van der Waals surface area contributed by atoms with E-state index in [9.17, 15) is 13.9 Å². The molecule has 0 saturated carbocycles. The Hall–Kier alpha value is -2.29. The molecule has 118 valence electrons. The van der Waals surface area contributed by atoms with E-state index in [0.717, 1.165) is 11.6 Å². The minimum absolute atomic E-state index is 0.378. The zero-order valence-electron chi connectivity index (χ0n) is 12.5. The van der Waals surface area contributed by atoms with Crippen LogP contribution in [0.3, 0.4) is 0 Å². The molecule has 0 saturated heterocycles. The highest BCUT2D eigenvalue weighted by Crippen LogP contribution is 2.25. The number of nitriles is 1. The highest BCUT2D eigenvalue weighted by molar-refractivity contribution is 5.33. The smallest absolute Gasteiger partial charge is 0.129 e. The van der Waals surface area contributed by atoms with E-state index in [1.165, 1.54) is 6.07 Å². The SMILES string of the molecule is N#Cc1ccc(C(O)CN2CCc3c(F)cc(F)cc3C2)cc1. The molecule has 0 aliphatic carbocycles. The van der Waals surface area contributed by atoms with Crippen LogP contribution in [0.15, 0.2) is 36.4 Å². The first kappa shape index (κ1) is 15.6. The molecule has 1 aliphatic heterocycles. The van der Waals surface area contributed by atoms with E-state index in [2.05, 4.69) is 0 Å². The first-order valence-electron chi connectivity index (χ1n) is 7.44. The standard InChI is InChI=1S/C18H16F2N2O/c19-15-7-14-10-22(6-5-16(14)17(20)8-15)11-18(23)13-3-1-12(9-21)2-4-13/h1-4,7-8,18,23H,5-6,10-11H2. The van der Waals surface area contributed by atoms with Crippen LogP contribution in [0.2, 0.25) is 0 Å². The molecule has 0 spiro atoms. The molecule has 0 aromatic heterocycles. The number of fused-ring (bicyclic) bond motifs is 1. The topological polar surface area (TPSA) is 47.3 Å². The summed E-state index contributed by atoms with van der Waals surface area (Å²) in [5.74, 6) is -1.07. The van der Waals surface area contributed by atoms with Crippen LogP contribution in [0.4, 0.5) is 8.78 Å². The van der Waals surface area contributed by atoms with Crippen molar-refractivity contribution in [3.8, 4) is 6.07 Å². The average molecular weight is 314 g/mol. The molecule has 23 heavy (non-hydrogen) atoms. The number of benzene rings is 2. The number of hydrogen-bond donors (Lipinski definition) is 1. The lowest BCUT2D eigenvalue weighted by atomic mass is 9.98. The van der Waals surface area contributed by atoms with Crippen LogP contribution in [-0.4, -0.2) is 23.1 Å². The van der Waals surface area contributed by atoms with Gasteiger partial charge in [-0.15, -0.1) is 0 Å². The van der Waals surface area contributed by atoms with Crippen molar-refractivity contribution in [2.45, 2.75) is 19.1 Å². The van der Waals surface area contributed by atoms with Crippen molar-refractivity contribution < 1.29 is 13.9 Å². The number of nitrogens with zero attached hydrogens (tertiary/aromatic N) is 2. The Morgan fingerprint density at radius 3 is 2.65 bits per heavy atom. The maximum atomic E-state index is 13.7. The summed E-state index contributed by atoms with van der Waals surface area (Å²) in [4.78, 5) is 1.98. The van der Waals surface area contributed by atoms with E-state index in [4.69, 9.17) is 5.26 Å². The molecule has 0 bridgehead atoms. The van der Waals surface area contributed by atoms with Gasteiger partial charge in [-0.05, 0) is 41.3 Å². The Labute approximate surface area is 133 Å². The van der Waals surface area contributed by atoms with Crippen molar-refractivity contribution in [1.29, 1.82) is 5.26 Å². The minimum Gasteiger partial charge on any atom is -0.387 e. The maximum Gasteiger partial charge on any atom is 0.129 e. The second kappa shape index (κ2) is 6.45. The van der Waals surface area contributed by atoms with Gasteiger partial charge < -0.3 is 5.11 Å². The lowest BCUT2D eigenvalue weighted by Crippen LogP contribution is -2.34. The third-order valence-corrected chi connectivity index (χ3v) is 4.18. The molecule has 0 amide bonds. The van der Waals surface area contributed by atoms with E-state index in [-0.39, 0.29) is 0 Å². The van der Waals surface area contributed by atoms with E-state index in [1.54, 1.807) is 24.3 Å². The van der Waals surface area contributed by atoms with Gasteiger partial charge in [-0.3, -0.25) is 4.90 Å². The summed E-state index contributed by atoms with van der Waals surface area (Å²) in [5, 5.41) is 19.1. The van der Waals surface area contributed by atoms with Crippen molar-refractivity contribution in [3.63, 3.8) is 0 Å². The van der Waals surface area contributed by atoms with Gasteiger partial charge in [-0.2, -0.15) is 5.26 Å². The normalized spacial score (nSPS) is 15.7. The number of rotatable bonds is 3. The van der Waals surface area contributed by atoms with Crippen molar-refractivity contribution in [1.82, 2.24) is 4.90 Å². The van der Waals surface area contributed by atoms with Gasteiger partial charge >= 0.3 is 0 Å². The van der Waals surface area contributed by atoms with Crippen LogP contribution in [0, 0.1) is 23.0 Å². The first-order valence-corrected chi connectivity index (χ1v) is 7.44. The summed E-state index contributed by atoms with van der Waals surface area (Å²) in [6, 6.07) is 11.1. The summed E-state index contributed by atoms with van der Waals surface area (Å²) in [6.07, 6.45) is -0.204. The lowest BCUT2D eigenvalue weighted by Gasteiger charge is -2.30. The Bertz CT molecular complexity index is 753. The highest BCUT2D eigenvalue weighted by atomic mass is 19.1. The maximum absolute atomic E-state index is 13.7. The second-order valence-electron chi connectivity index (χ2n) is 5.76. The molecule has 3 rings (SSSR count). The Balaban J connectivity index is 1.70. The number of β-amino-alcohol motifs (C(OH)–C–C–N with tert-alkyl or cyclic N) is 1. The zero-order valence-corrected chi connectivity index (χ0v) is 12.5. The third-order valence-electron chi connectivity index (χ3n) is 4.18. The molecular weight excluding hydrogens is 298 g/mol. The van der Waals surface area contributed by atoms with E-state index < -0.39 is 17.7 Å². The van der Waals surface area contributed by atoms with Gasteiger partial charge in [0.1, 0.15) is 11.6 Å². The van der Waals surface area contributed by atoms with Crippen LogP contribution in [-0.2, 0) is 13.0 Å². The van der Waals surface area contributed by atoms with Crippen molar-refractivity contribution in [3.05, 3.63) is 70.3 Å². The van der Waals surface area contributed by atoms with Gasteiger partial charge in [0.25, 0.3) is 0 Å². The fourth-order valence-corrected chi connectivity index (χ4v) is 2.95. The number of aliphatic hydroxyl groups excluding tert-OH is 1. The van der Waals surface area contributed by atoms with E-state index >= 15 is 0 Å². The number of hydrogen-bond acceptors (Lipinski definition) is 3. The molecule has 1 heterocycles. The minimum atomic E-state index is -0.706. The van der Waals surface area contributed by atoms with Gasteiger partial charge in [0.05, 0.1) is 17.7 Å². The lowest BCUT2D eigenvalue weighted by molar-refractivity contribution is 0.105.